The fourth-order valence-corrected chi connectivity index (χ4v) is 5.74. The molecule has 0 heterocycles. The summed E-state index contributed by atoms with van der Waals surface area (Å²) in [6, 6.07) is 17.8. The minimum Gasteiger partial charge on any atom is -0.354 e. The highest BCUT2D eigenvalue weighted by Gasteiger charge is 2.33. The molecule has 208 valence electrons. The van der Waals surface area contributed by atoms with Gasteiger partial charge >= 0.3 is 0 Å². The number of benzene rings is 3. The van der Waals surface area contributed by atoms with Crippen molar-refractivity contribution in [2.24, 2.45) is 5.92 Å². The Morgan fingerprint density at radius 2 is 1.64 bits per heavy atom. The van der Waals surface area contributed by atoms with Gasteiger partial charge in [-0.3, -0.25) is 13.9 Å². The van der Waals surface area contributed by atoms with E-state index >= 15 is 0 Å². The first-order valence-corrected chi connectivity index (χ1v) is 14.8. The highest BCUT2D eigenvalue weighted by molar-refractivity contribution is 9.10. The highest BCUT2D eigenvalue weighted by Crippen LogP contribution is 2.27. The number of aryl methyl sites for hydroxylation is 1. The SMILES string of the molecule is Cc1ccc(S(=O)(=O)N(CC(=O)N(Cc2cccc(Br)c2)[C@H](C)C(=O)NCC(C)C)c2ccccc2F)cc1. The van der Waals surface area contributed by atoms with Crippen molar-refractivity contribution in [3.05, 3.63) is 94.2 Å². The van der Waals surface area contributed by atoms with E-state index in [0.29, 0.717) is 6.54 Å². The molecule has 3 aromatic rings. The maximum Gasteiger partial charge on any atom is 0.264 e. The topological polar surface area (TPSA) is 86.8 Å². The smallest absolute Gasteiger partial charge is 0.264 e. The van der Waals surface area contributed by atoms with E-state index < -0.39 is 34.3 Å². The molecular weight excluding hydrogens is 585 g/mol. The highest BCUT2D eigenvalue weighted by atomic mass is 79.9. The first kappa shape index (κ1) is 30.3. The fraction of sp³-hybridized carbons (Fsp3) is 0.310. The van der Waals surface area contributed by atoms with E-state index in [1.54, 1.807) is 25.1 Å². The second-order valence-electron chi connectivity index (χ2n) is 9.74. The number of amides is 2. The summed E-state index contributed by atoms with van der Waals surface area (Å²) in [6.07, 6.45) is 0. The van der Waals surface area contributed by atoms with Gasteiger partial charge in [0.2, 0.25) is 11.8 Å². The summed E-state index contributed by atoms with van der Waals surface area (Å²) >= 11 is 3.42. The van der Waals surface area contributed by atoms with E-state index in [9.17, 15) is 22.4 Å². The molecule has 0 radical (unpaired) electrons. The van der Waals surface area contributed by atoms with Gasteiger partial charge in [0.05, 0.1) is 10.6 Å². The van der Waals surface area contributed by atoms with Crippen LogP contribution in [0.2, 0.25) is 0 Å². The number of anilines is 1. The third kappa shape index (κ3) is 7.89. The molecule has 0 unspecified atom stereocenters. The average molecular weight is 619 g/mol. The first-order valence-electron chi connectivity index (χ1n) is 12.6. The lowest BCUT2D eigenvalue weighted by Crippen LogP contribution is -2.51. The van der Waals surface area contributed by atoms with E-state index in [0.717, 1.165) is 26.0 Å². The summed E-state index contributed by atoms with van der Waals surface area (Å²) in [7, 11) is -4.33. The molecule has 0 bridgehead atoms. The van der Waals surface area contributed by atoms with Crippen LogP contribution in [-0.2, 0) is 26.2 Å². The molecule has 0 saturated heterocycles. The van der Waals surface area contributed by atoms with Gasteiger partial charge in [-0.15, -0.1) is 0 Å². The molecule has 0 aliphatic heterocycles. The molecule has 0 spiro atoms. The van der Waals surface area contributed by atoms with E-state index in [-0.39, 0.29) is 29.0 Å². The minimum absolute atomic E-state index is 0.0459. The predicted molar refractivity (Wildman–Crippen MR) is 154 cm³/mol. The third-order valence-electron chi connectivity index (χ3n) is 6.10. The Morgan fingerprint density at radius 3 is 2.26 bits per heavy atom. The fourth-order valence-electron chi connectivity index (χ4n) is 3.87. The van der Waals surface area contributed by atoms with E-state index in [1.807, 2.05) is 39.0 Å². The Balaban J connectivity index is 2.02. The molecule has 1 atom stereocenters. The Morgan fingerprint density at radius 1 is 0.974 bits per heavy atom. The van der Waals surface area contributed by atoms with Crippen molar-refractivity contribution in [3.63, 3.8) is 0 Å². The van der Waals surface area contributed by atoms with E-state index in [2.05, 4.69) is 21.2 Å². The van der Waals surface area contributed by atoms with Crippen LogP contribution in [-0.4, -0.2) is 44.3 Å². The molecule has 0 aromatic heterocycles. The van der Waals surface area contributed by atoms with Gasteiger partial charge in [-0.25, -0.2) is 12.8 Å². The van der Waals surface area contributed by atoms with E-state index in [4.69, 9.17) is 0 Å². The Labute approximate surface area is 238 Å². The second-order valence-corrected chi connectivity index (χ2v) is 12.5. The van der Waals surface area contributed by atoms with Gasteiger partial charge in [0, 0.05) is 17.6 Å². The molecule has 0 saturated carbocycles. The van der Waals surface area contributed by atoms with Crippen LogP contribution in [0.3, 0.4) is 0 Å². The quantitative estimate of drug-likeness (QED) is 0.317. The van der Waals surface area contributed by atoms with Gasteiger partial charge in [0.1, 0.15) is 18.4 Å². The van der Waals surface area contributed by atoms with Crippen LogP contribution in [0.5, 0.6) is 0 Å². The zero-order valence-electron chi connectivity index (χ0n) is 22.4. The minimum atomic E-state index is -4.33. The number of halogens is 2. The molecule has 7 nitrogen and oxygen atoms in total. The zero-order valence-corrected chi connectivity index (χ0v) is 24.8. The van der Waals surface area contributed by atoms with Crippen molar-refractivity contribution < 1.29 is 22.4 Å². The Kier molecular flexibility index (Phi) is 10.3. The number of rotatable bonds is 11. The molecule has 2 amide bonds. The number of sulfonamides is 1. The number of carbonyl (C=O) groups excluding carboxylic acids is 2. The predicted octanol–water partition coefficient (Wildman–Crippen LogP) is 5.28. The van der Waals surface area contributed by atoms with Crippen LogP contribution >= 0.6 is 15.9 Å². The molecule has 1 N–H and O–H groups in total. The number of hydrogen-bond acceptors (Lipinski definition) is 4. The van der Waals surface area contributed by atoms with Gasteiger partial charge in [0.25, 0.3) is 10.0 Å². The standard InChI is InChI=1S/C29H33BrFN3O4S/c1-20(2)17-32-29(36)22(4)33(18-23-8-7-9-24(30)16-23)28(35)19-34(27-11-6-5-10-26(27)31)39(37,38)25-14-12-21(3)13-15-25/h5-16,20,22H,17-19H2,1-4H3,(H,32,36)/t22-/m1/s1. The summed E-state index contributed by atoms with van der Waals surface area (Å²) in [6.45, 7) is 7.09. The van der Waals surface area contributed by atoms with Crippen LogP contribution in [0, 0.1) is 18.7 Å². The molecular formula is C29H33BrFN3O4S. The first-order chi connectivity index (χ1) is 18.4. The molecule has 39 heavy (non-hydrogen) atoms. The average Bonchev–Trinajstić information content (AvgIpc) is 2.89. The lowest BCUT2D eigenvalue weighted by molar-refractivity contribution is -0.139. The molecule has 3 aromatic carbocycles. The molecule has 0 aliphatic rings. The number of carbonyl (C=O) groups is 2. The van der Waals surface area contributed by atoms with Crippen LogP contribution < -0.4 is 9.62 Å². The Bertz CT molecular complexity index is 1410. The van der Waals surface area contributed by atoms with E-state index in [1.165, 1.54) is 35.2 Å². The summed E-state index contributed by atoms with van der Waals surface area (Å²) in [4.78, 5) is 28.1. The molecule has 10 heteroatoms. The zero-order chi connectivity index (χ0) is 28.7. The van der Waals surface area contributed by atoms with Crippen LogP contribution in [0.1, 0.15) is 31.9 Å². The van der Waals surface area contributed by atoms with Crippen molar-refractivity contribution in [2.45, 2.75) is 45.2 Å². The summed E-state index contributed by atoms with van der Waals surface area (Å²) in [5, 5.41) is 2.84. The largest absolute Gasteiger partial charge is 0.354 e. The normalized spacial score (nSPS) is 12.2. The lowest BCUT2D eigenvalue weighted by Gasteiger charge is -2.32. The molecule has 3 rings (SSSR count). The van der Waals surface area contributed by atoms with Crippen molar-refractivity contribution in [2.75, 3.05) is 17.4 Å². The van der Waals surface area contributed by atoms with Gasteiger partial charge in [-0.2, -0.15) is 0 Å². The van der Waals surface area contributed by atoms with Crippen LogP contribution in [0.4, 0.5) is 10.1 Å². The number of para-hydroxylation sites is 1. The monoisotopic (exact) mass is 617 g/mol. The van der Waals surface area contributed by atoms with Crippen LogP contribution in [0.15, 0.2) is 82.2 Å². The van der Waals surface area contributed by atoms with Crippen molar-refractivity contribution in [1.29, 1.82) is 0 Å². The van der Waals surface area contributed by atoms with Crippen molar-refractivity contribution >= 4 is 43.5 Å². The van der Waals surface area contributed by atoms with Crippen molar-refractivity contribution in [1.82, 2.24) is 10.2 Å². The van der Waals surface area contributed by atoms with Crippen LogP contribution in [0.25, 0.3) is 0 Å². The molecule has 0 fully saturated rings. The number of nitrogens with zero attached hydrogens (tertiary/aromatic N) is 2. The van der Waals surface area contributed by atoms with Gasteiger partial charge in [0.15, 0.2) is 0 Å². The lowest BCUT2D eigenvalue weighted by atomic mass is 10.1. The number of hydrogen-bond donors (Lipinski definition) is 1. The Hall–Kier alpha value is -3.24. The van der Waals surface area contributed by atoms with Crippen molar-refractivity contribution in [3.8, 4) is 0 Å². The summed E-state index contributed by atoms with van der Waals surface area (Å²) < 4.78 is 44.0. The summed E-state index contributed by atoms with van der Waals surface area (Å²) in [5.41, 5.74) is 1.33. The third-order valence-corrected chi connectivity index (χ3v) is 8.37. The second kappa shape index (κ2) is 13.2. The maximum absolute atomic E-state index is 15.0. The molecule has 0 aliphatic carbocycles. The summed E-state index contributed by atoms with van der Waals surface area (Å²) in [5.74, 6) is -1.61. The van der Waals surface area contributed by atoms with Gasteiger partial charge in [-0.05, 0) is 61.7 Å². The van der Waals surface area contributed by atoms with Gasteiger partial charge < -0.3 is 10.2 Å². The number of nitrogens with one attached hydrogen (secondary N) is 1. The van der Waals surface area contributed by atoms with Gasteiger partial charge in [-0.1, -0.05) is 71.7 Å². The maximum atomic E-state index is 15.0.